The summed E-state index contributed by atoms with van der Waals surface area (Å²) < 4.78 is 0. The minimum Gasteiger partial charge on any atom is -0.396 e. The first-order valence-electron chi connectivity index (χ1n) is 12.1. The van der Waals surface area contributed by atoms with Gasteiger partial charge in [-0.25, -0.2) is 9.98 Å². The van der Waals surface area contributed by atoms with E-state index in [1.807, 2.05) is 6.20 Å². The number of hydrogen-bond acceptors (Lipinski definition) is 4. The number of anilines is 1. The Labute approximate surface area is 182 Å². The van der Waals surface area contributed by atoms with Crippen molar-refractivity contribution in [2.45, 2.75) is 77.7 Å². The maximum Gasteiger partial charge on any atom is 0.191 e. The molecule has 6 heteroatoms. The number of aliphatic hydroxyl groups excluding tert-OH is 1. The van der Waals surface area contributed by atoms with Gasteiger partial charge in [-0.05, 0) is 56.1 Å². The van der Waals surface area contributed by atoms with E-state index in [1.165, 1.54) is 57.8 Å². The lowest BCUT2D eigenvalue weighted by Crippen LogP contribution is -2.44. The maximum absolute atomic E-state index is 9.55. The number of rotatable bonds is 8. The standard InChI is InChI=1S/C24H41N5O/c1-2-25-23(28-20-24(14-17-30)12-6-5-7-13-24)27-19-21-10-11-22(26-18-21)29-15-8-3-4-9-16-29/h10-11,18,30H,2-9,12-17,19-20H2,1H3,(H2,25,27,28). The summed E-state index contributed by atoms with van der Waals surface area (Å²) in [5.74, 6) is 1.95. The van der Waals surface area contributed by atoms with E-state index in [0.29, 0.717) is 6.54 Å². The lowest BCUT2D eigenvalue weighted by molar-refractivity contribution is 0.131. The molecule has 2 fully saturated rings. The SMILES string of the molecule is CCNC(=NCc1ccc(N2CCCCCC2)nc1)NCC1(CCO)CCCCC1. The number of aromatic nitrogens is 1. The van der Waals surface area contributed by atoms with Crippen molar-refractivity contribution in [3.63, 3.8) is 0 Å². The Kier molecular flexibility index (Phi) is 9.25. The Balaban J connectivity index is 1.57. The molecule has 1 aliphatic carbocycles. The Morgan fingerprint density at radius 3 is 2.43 bits per heavy atom. The summed E-state index contributed by atoms with van der Waals surface area (Å²) in [5.41, 5.74) is 1.34. The van der Waals surface area contributed by atoms with Crippen LogP contribution in [0, 0.1) is 5.41 Å². The van der Waals surface area contributed by atoms with Crippen molar-refractivity contribution in [2.75, 3.05) is 37.7 Å². The van der Waals surface area contributed by atoms with Crippen molar-refractivity contribution >= 4 is 11.8 Å². The highest BCUT2D eigenvalue weighted by molar-refractivity contribution is 5.79. The van der Waals surface area contributed by atoms with Crippen molar-refractivity contribution < 1.29 is 5.11 Å². The van der Waals surface area contributed by atoms with Crippen LogP contribution in [0.4, 0.5) is 5.82 Å². The van der Waals surface area contributed by atoms with Crippen LogP contribution in [-0.2, 0) is 6.54 Å². The molecule has 6 nitrogen and oxygen atoms in total. The Bertz CT molecular complexity index is 626. The minimum atomic E-state index is 0.208. The molecule has 0 unspecified atom stereocenters. The maximum atomic E-state index is 9.55. The molecule has 0 amide bonds. The molecular formula is C24H41N5O. The molecule has 0 atom stereocenters. The summed E-state index contributed by atoms with van der Waals surface area (Å²) in [7, 11) is 0. The van der Waals surface area contributed by atoms with Crippen LogP contribution in [0.15, 0.2) is 23.3 Å². The second-order valence-corrected chi connectivity index (χ2v) is 9.01. The van der Waals surface area contributed by atoms with Gasteiger partial charge in [-0.3, -0.25) is 0 Å². The first-order valence-corrected chi connectivity index (χ1v) is 12.1. The molecule has 0 spiro atoms. The van der Waals surface area contributed by atoms with E-state index in [-0.39, 0.29) is 12.0 Å². The largest absolute Gasteiger partial charge is 0.396 e. The van der Waals surface area contributed by atoms with E-state index in [2.05, 4.69) is 34.6 Å². The molecule has 1 aromatic rings. The summed E-state index contributed by atoms with van der Waals surface area (Å²) in [4.78, 5) is 11.9. The van der Waals surface area contributed by atoms with Crippen LogP contribution in [0.1, 0.15) is 76.7 Å². The fourth-order valence-electron chi connectivity index (χ4n) is 4.83. The van der Waals surface area contributed by atoms with E-state index < -0.39 is 0 Å². The van der Waals surface area contributed by atoms with Gasteiger partial charge in [0.1, 0.15) is 5.82 Å². The second-order valence-electron chi connectivity index (χ2n) is 9.01. The van der Waals surface area contributed by atoms with E-state index in [1.54, 1.807) is 0 Å². The van der Waals surface area contributed by atoms with E-state index in [4.69, 9.17) is 9.98 Å². The normalized spacial score (nSPS) is 19.9. The number of guanidine groups is 1. The van der Waals surface area contributed by atoms with Gasteiger partial charge in [0.2, 0.25) is 0 Å². The molecule has 1 aromatic heterocycles. The topological polar surface area (TPSA) is 72.8 Å². The molecular weight excluding hydrogens is 374 g/mol. The monoisotopic (exact) mass is 415 g/mol. The molecule has 2 aliphatic rings. The summed E-state index contributed by atoms with van der Waals surface area (Å²) in [6, 6.07) is 4.31. The predicted molar refractivity (Wildman–Crippen MR) is 125 cm³/mol. The zero-order valence-corrected chi connectivity index (χ0v) is 18.8. The molecule has 3 N–H and O–H groups in total. The molecule has 1 saturated carbocycles. The van der Waals surface area contributed by atoms with E-state index in [0.717, 1.165) is 49.9 Å². The third kappa shape index (κ3) is 6.86. The lowest BCUT2D eigenvalue weighted by Gasteiger charge is -2.37. The highest BCUT2D eigenvalue weighted by Gasteiger charge is 2.31. The van der Waals surface area contributed by atoms with Crippen LogP contribution < -0.4 is 15.5 Å². The number of nitrogens with zero attached hydrogens (tertiary/aromatic N) is 3. The lowest BCUT2D eigenvalue weighted by atomic mass is 9.72. The van der Waals surface area contributed by atoms with Gasteiger partial charge in [-0.2, -0.15) is 0 Å². The molecule has 3 rings (SSSR count). The van der Waals surface area contributed by atoms with Gasteiger partial charge in [0.15, 0.2) is 5.96 Å². The van der Waals surface area contributed by atoms with Crippen LogP contribution in [0.2, 0.25) is 0 Å². The molecule has 0 aromatic carbocycles. The quantitative estimate of drug-likeness (QED) is 0.444. The summed E-state index contributed by atoms with van der Waals surface area (Å²) in [5, 5.41) is 16.5. The third-order valence-corrected chi connectivity index (χ3v) is 6.69. The van der Waals surface area contributed by atoms with E-state index in [9.17, 15) is 5.11 Å². The van der Waals surface area contributed by atoms with Gasteiger partial charge >= 0.3 is 0 Å². The van der Waals surface area contributed by atoms with Crippen LogP contribution in [-0.4, -0.2) is 48.8 Å². The van der Waals surface area contributed by atoms with Crippen LogP contribution in [0.3, 0.4) is 0 Å². The zero-order valence-electron chi connectivity index (χ0n) is 18.8. The average molecular weight is 416 g/mol. The zero-order chi connectivity index (χ0) is 21.1. The third-order valence-electron chi connectivity index (χ3n) is 6.69. The minimum absolute atomic E-state index is 0.208. The Morgan fingerprint density at radius 1 is 1.07 bits per heavy atom. The number of hydrogen-bond donors (Lipinski definition) is 3. The van der Waals surface area contributed by atoms with Crippen molar-refractivity contribution in [3.05, 3.63) is 23.9 Å². The first kappa shape index (κ1) is 22.9. The number of aliphatic imine (C=N–C) groups is 1. The van der Waals surface area contributed by atoms with Gasteiger partial charge in [0, 0.05) is 39.0 Å². The smallest absolute Gasteiger partial charge is 0.191 e. The number of aliphatic hydroxyl groups is 1. The van der Waals surface area contributed by atoms with Crippen molar-refractivity contribution in [3.8, 4) is 0 Å². The van der Waals surface area contributed by atoms with Crippen LogP contribution in [0.25, 0.3) is 0 Å². The molecule has 30 heavy (non-hydrogen) atoms. The van der Waals surface area contributed by atoms with Crippen molar-refractivity contribution in [1.82, 2.24) is 15.6 Å². The highest BCUT2D eigenvalue weighted by Crippen LogP contribution is 2.38. The fourth-order valence-corrected chi connectivity index (χ4v) is 4.83. The first-order chi connectivity index (χ1) is 14.7. The average Bonchev–Trinajstić information content (AvgIpc) is 3.07. The van der Waals surface area contributed by atoms with Crippen LogP contribution in [0.5, 0.6) is 0 Å². The summed E-state index contributed by atoms with van der Waals surface area (Å²) in [6.07, 6.45) is 14.3. The Morgan fingerprint density at radius 2 is 1.80 bits per heavy atom. The molecule has 2 heterocycles. The van der Waals surface area contributed by atoms with Gasteiger partial charge < -0.3 is 20.6 Å². The van der Waals surface area contributed by atoms with Crippen molar-refractivity contribution in [1.29, 1.82) is 0 Å². The summed E-state index contributed by atoms with van der Waals surface area (Å²) in [6.45, 7) is 6.94. The van der Waals surface area contributed by atoms with E-state index >= 15 is 0 Å². The second kappa shape index (κ2) is 12.1. The van der Waals surface area contributed by atoms with Crippen LogP contribution >= 0.6 is 0 Å². The number of nitrogens with one attached hydrogen (secondary N) is 2. The molecule has 168 valence electrons. The molecule has 1 saturated heterocycles. The number of pyridine rings is 1. The molecule has 1 aliphatic heterocycles. The van der Waals surface area contributed by atoms with Gasteiger partial charge in [0.05, 0.1) is 6.54 Å². The Hall–Kier alpha value is -1.82. The van der Waals surface area contributed by atoms with Gasteiger partial charge in [-0.15, -0.1) is 0 Å². The van der Waals surface area contributed by atoms with Gasteiger partial charge in [-0.1, -0.05) is 38.2 Å². The summed E-state index contributed by atoms with van der Waals surface area (Å²) >= 11 is 0. The highest BCUT2D eigenvalue weighted by atomic mass is 16.3. The molecule has 0 radical (unpaired) electrons. The van der Waals surface area contributed by atoms with Crippen molar-refractivity contribution in [2.24, 2.45) is 10.4 Å². The molecule has 0 bridgehead atoms. The van der Waals surface area contributed by atoms with Gasteiger partial charge in [0.25, 0.3) is 0 Å². The predicted octanol–water partition coefficient (Wildman–Crippen LogP) is 3.85. The fraction of sp³-hybridized carbons (Fsp3) is 0.750.